The largest absolute Gasteiger partial charge is 0.396 e. The summed E-state index contributed by atoms with van der Waals surface area (Å²) in [7, 11) is 0. The monoisotopic (exact) mass is 308 g/mol. The first-order valence-corrected chi connectivity index (χ1v) is 8.71. The fourth-order valence-corrected chi connectivity index (χ4v) is 3.51. The molecule has 1 aliphatic rings. The number of amides is 1. The summed E-state index contributed by atoms with van der Waals surface area (Å²) in [5, 5.41) is 9.52. The fourth-order valence-electron chi connectivity index (χ4n) is 2.67. The Labute approximate surface area is 130 Å². The molecule has 0 aromatic carbocycles. The molecule has 0 unspecified atom stereocenters. The lowest BCUT2D eigenvalue weighted by atomic mass is 9.77. The molecule has 116 valence electrons. The van der Waals surface area contributed by atoms with Crippen LogP contribution in [0.3, 0.4) is 0 Å². The number of nitrogens with zero attached hydrogens (tertiary/aromatic N) is 2. The summed E-state index contributed by atoms with van der Waals surface area (Å²) in [6.07, 6.45) is 4.59. The van der Waals surface area contributed by atoms with E-state index in [1.807, 2.05) is 23.1 Å². The minimum atomic E-state index is 0.0396. The van der Waals surface area contributed by atoms with Crippen LogP contribution in [0.2, 0.25) is 0 Å². The number of likely N-dealkylation sites (tertiary alicyclic amines) is 1. The molecule has 2 heterocycles. The molecular weight excluding hydrogens is 284 g/mol. The van der Waals surface area contributed by atoms with E-state index in [1.165, 1.54) is 0 Å². The van der Waals surface area contributed by atoms with E-state index in [-0.39, 0.29) is 17.9 Å². The number of hydrogen-bond acceptors (Lipinski definition) is 4. The highest BCUT2D eigenvalue weighted by Gasteiger charge is 2.33. The molecule has 1 amide bonds. The van der Waals surface area contributed by atoms with E-state index in [4.69, 9.17) is 0 Å². The normalized spacial score (nSPS) is 17.7. The molecule has 0 radical (unpaired) electrons. The summed E-state index contributed by atoms with van der Waals surface area (Å²) in [4.78, 5) is 18.4. The number of aliphatic hydroxyl groups excluding tert-OH is 1. The van der Waals surface area contributed by atoms with Crippen LogP contribution in [0.25, 0.3) is 0 Å². The lowest BCUT2D eigenvalue weighted by molar-refractivity contribution is -0.131. The average molecular weight is 308 g/mol. The van der Waals surface area contributed by atoms with Crippen molar-refractivity contribution in [2.75, 3.05) is 25.4 Å². The van der Waals surface area contributed by atoms with Gasteiger partial charge in [-0.1, -0.05) is 13.0 Å². The molecule has 1 N–H and O–H groups in total. The van der Waals surface area contributed by atoms with Gasteiger partial charge in [0, 0.05) is 31.6 Å². The molecule has 1 aromatic rings. The second-order valence-electron chi connectivity index (χ2n) is 5.71. The fraction of sp³-hybridized carbons (Fsp3) is 0.625. The molecular formula is C16H24N2O2S. The first-order valence-electron chi connectivity index (χ1n) is 7.55. The molecule has 5 heteroatoms. The Morgan fingerprint density at radius 3 is 2.76 bits per heavy atom. The Bertz CT molecular complexity index is 439. The van der Waals surface area contributed by atoms with Crippen molar-refractivity contribution >= 4 is 17.7 Å². The first kappa shape index (κ1) is 16.3. The van der Waals surface area contributed by atoms with Crippen LogP contribution < -0.4 is 0 Å². The summed E-state index contributed by atoms with van der Waals surface area (Å²) in [6.45, 7) is 3.91. The van der Waals surface area contributed by atoms with Crippen LogP contribution in [0, 0.1) is 5.41 Å². The van der Waals surface area contributed by atoms with Crippen LogP contribution in [-0.2, 0) is 10.5 Å². The van der Waals surface area contributed by atoms with E-state index in [2.05, 4.69) is 11.9 Å². The van der Waals surface area contributed by atoms with Gasteiger partial charge in [0.1, 0.15) is 0 Å². The van der Waals surface area contributed by atoms with Crippen LogP contribution in [0.1, 0.15) is 31.9 Å². The third-order valence-corrected chi connectivity index (χ3v) is 5.41. The van der Waals surface area contributed by atoms with Crippen molar-refractivity contribution in [3.05, 3.63) is 30.1 Å². The maximum atomic E-state index is 12.2. The number of thioether (sulfide) groups is 1. The van der Waals surface area contributed by atoms with E-state index in [0.717, 1.165) is 43.8 Å². The van der Waals surface area contributed by atoms with Gasteiger partial charge in [-0.05, 0) is 36.8 Å². The zero-order chi connectivity index (χ0) is 15.1. The molecule has 2 rings (SSSR count). The predicted molar refractivity (Wildman–Crippen MR) is 86.0 cm³/mol. The van der Waals surface area contributed by atoms with Gasteiger partial charge >= 0.3 is 0 Å². The van der Waals surface area contributed by atoms with E-state index < -0.39 is 0 Å². The van der Waals surface area contributed by atoms with Crippen molar-refractivity contribution < 1.29 is 9.90 Å². The second-order valence-corrected chi connectivity index (χ2v) is 6.69. The van der Waals surface area contributed by atoms with Crippen LogP contribution in [-0.4, -0.2) is 46.3 Å². The highest BCUT2D eigenvalue weighted by atomic mass is 32.2. The van der Waals surface area contributed by atoms with Gasteiger partial charge in [0.2, 0.25) is 5.91 Å². The van der Waals surface area contributed by atoms with E-state index >= 15 is 0 Å². The third kappa shape index (κ3) is 4.45. The number of aliphatic hydroxyl groups is 1. The molecule has 1 aliphatic heterocycles. The molecule has 21 heavy (non-hydrogen) atoms. The summed E-state index contributed by atoms with van der Waals surface area (Å²) in [5.74, 6) is 1.49. The molecule has 4 nitrogen and oxygen atoms in total. The second kappa shape index (κ2) is 7.80. The summed E-state index contributed by atoms with van der Waals surface area (Å²) in [6, 6.07) is 5.85. The maximum absolute atomic E-state index is 12.2. The number of carbonyl (C=O) groups is 1. The van der Waals surface area contributed by atoms with Gasteiger partial charge in [0.05, 0.1) is 11.4 Å². The third-order valence-electron chi connectivity index (χ3n) is 4.46. The highest BCUT2D eigenvalue weighted by Crippen LogP contribution is 2.34. The van der Waals surface area contributed by atoms with E-state index in [0.29, 0.717) is 5.75 Å². The molecule has 1 fully saturated rings. The Morgan fingerprint density at radius 2 is 2.19 bits per heavy atom. The quantitative estimate of drug-likeness (QED) is 0.876. The molecule has 0 bridgehead atoms. The maximum Gasteiger partial charge on any atom is 0.232 e. The summed E-state index contributed by atoms with van der Waals surface area (Å²) >= 11 is 1.62. The van der Waals surface area contributed by atoms with Crippen molar-refractivity contribution in [3.8, 4) is 0 Å². The predicted octanol–water partition coefficient (Wildman–Crippen LogP) is 2.33. The van der Waals surface area contributed by atoms with Gasteiger partial charge in [-0.15, -0.1) is 11.8 Å². The first-order chi connectivity index (χ1) is 10.2. The van der Waals surface area contributed by atoms with Crippen LogP contribution in [0.5, 0.6) is 0 Å². The number of hydrogen-bond donors (Lipinski definition) is 1. The van der Waals surface area contributed by atoms with E-state index in [9.17, 15) is 9.90 Å². The number of carbonyl (C=O) groups excluding carboxylic acids is 1. The molecule has 0 saturated carbocycles. The molecule has 0 aliphatic carbocycles. The van der Waals surface area contributed by atoms with Gasteiger partial charge in [0.15, 0.2) is 0 Å². The number of aromatic nitrogens is 1. The lowest BCUT2D eigenvalue weighted by Crippen LogP contribution is -2.45. The smallest absolute Gasteiger partial charge is 0.232 e. The summed E-state index contributed by atoms with van der Waals surface area (Å²) < 4.78 is 0. The van der Waals surface area contributed by atoms with Crippen molar-refractivity contribution in [1.29, 1.82) is 0 Å². The molecule has 1 saturated heterocycles. The topological polar surface area (TPSA) is 53.4 Å². The minimum Gasteiger partial charge on any atom is -0.396 e. The molecule has 0 atom stereocenters. The highest BCUT2D eigenvalue weighted by molar-refractivity contribution is 7.99. The SMILES string of the molecule is CCC1(CO)CCN(C(=O)CSCc2ccccn2)CC1. The average Bonchev–Trinajstić information content (AvgIpc) is 2.56. The lowest BCUT2D eigenvalue weighted by Gasteiger charge is -2.40. The van der Waals surface area contributed by atoms with Crippen molar-refractivity contribution in [3.63, 3.8) is 0 Å². The Morgan fingerprint density at radius 1 is 1.43 bits per heavy atom. The van der Waals surface area contributed by atoms with Gasteiger partial charge in [-0.3, -0.25) is 9.78 Å². The number of rotatable bonds is 6. The van der Waals surface area contributed by atoms with Crippen molar-refractivity contribution in [2.45, 2.75) is 31.9 Å². The molecule has 1 aromatic heterocycles. The van der Waals surface area contributed by atoms with Crippen LogP contribution in [0.15, 0.2) is 24.4 Å². The summed E-state index contributed by atoms with van der Waals surface area (Å²) in [5.41, 5.74) is 1.05. The van der Waals surface area contributed by atoms with Gasteiger partial charge in [-0.2, -0.15) is 0 Å². The molecule has 0 spiro atoms. The van der Waals surface area contributed by atoms with Crippen LogP contribution >= 0.6 is 11.8 Å². The zero-order valence-electron chi connectivity index (χ0n) is 12.6. The van der Waals surface area contributed by atoms with Gasteiger partial charge < -0.3 is 10.0 Å². The zero-order valence-corrected chi connectivity index (χ0v) is 13.4. The van der Waals surface area contributed by atoms with Crippen molar-refractivity contribution in [2.24, 2.45) is 5.41 Å². The van der Waals surface area contributed by atoms with Gasteiger partial charge in [0.25, 0.3) is 0 Å². The van der Waals surface area contributed by atoms with E-state index in [1.54, 1.807) is 18.0 Å². The standard InChI is InChI=1S/C16H24N2O2S/c1-2-16(13-19)6-9-18(10-7-16)15(20)12-21-11-14-5-3-4-8-17-14/h3-5,8,19H,2,6-7,9-13H2,1H3. The Balaban J connectivity index is 1.73. The minimum absolute atomic E-state index is 0.0396. The van der Waals surface area contributed by atoms with Crippen LogP contribution in [0.4, 0.5) is 0 Å². The Kier molecular flexibility index (Phi) is 6.06. The Hall–Kier alpha value is -1.07. The van der Waals surface area contributed by atoms with Gasteiger partial charge in [-0.25, -0.2) is 0 Å². The van der Waals surface area contributed by atoms with Crippen molar-refractivity contribution in [1.82, 2.24) is 9.88 Å². The number of piperidine rings is 1. The number of pyridine rings is 1.